The van der Waals surface area contributed by atoms with Gasteiger partial charge in [-0.25, -0.2) is 4.98 Å². The Kier molecular flexibility index (Phi) is 6.71. The van der Waals surface area contributed by atoms with Gasteiger partial charge in [0.1, 0.15) is 0 Å². The number of carbonyl (C=O) groups is 1. The van der Waals surface area contributed by atoms with Crippen molar-refractivity contribution < 1.29 is 4.79 Å². The van der Waals surface area contributed by atoms with Gasteiger partial charge in [0, 0.05) is 37.2 Å². The Morgan fingerprint density at radius 2 is 1.86 bits per heavy atom. The lowest BCUT2D eigenvalue weighted by Gasteiger charge is -2.32. The average Bonchev–Trinajstić information content (AvgIpc) is 3.01. The van der Waals surface area contributed by atoms with Gasteiger partial charge in [-0.05, 0) is 25.0 Å². The van der Waals surface area contributed by atoms with Crippen molar-refractivity contribution in [1.82, 2.24) is 14.5 Å². The van der Waals surface area contributed by atoms with Crippen molar-refractivity contribution in [2.45, 2.75) is 18.9 Å². The molecule has 1 aliphatic heterocycles. The molecule has 1 amide bonds. The molecule has 0 saturated carbocycles. The first-order valence-corrected chi connectivity index (χ1v) is 6.87. The van der Waals surface area contributed by atoms with Crippen LogP contribution < -0.4 is 5.73 Å². The molecular formula is C15H20Cl2N4O. The molecule has 2 aromatic rings. The van der Waals surface area contributed by atoms with Gasteiger partial charge in [-0.1, -0.05) is 12.1 Å². The number of likely N-dealkylation sites (tertiary alicyclic amines) is 1. The Hall–Kier alpha value is -1.72. The second kappa shape index (κ2) is 8.06. The summed E-state index contributed by atoms with van der Waals surface area (Å²) >= 11 is 0. The minimum Gasteiger partial charge on any atom is -0.398 e. The zero-order chi connectivity index (χ0) is 13.9. The summed E-state index contributed by atoms with van der Waals surface area (Å²) in [6.07, 6.45) is 7.53. The van der Waals surface area contributed by atoms with Crippen LogP contribution in [0.4, 0.5) is 5.69 Å². The second-order valence-corrected chi connectivity index (χ2v) is 5.12. The Balaban J connectivity index is 0.00000121. The fourth-order valence-corrected chi connectivity index (χ4v) is 2.71. The number of nitrogen functional groups attached to an aromatic ring is 1. The van der Waals surface area contributed by atoms with E-state index in [-0.39, 0.29) is 30.7 Å². The van der Waals surface area contributed by atoms with Crippen molar-refractivity contribution >= 4 is 36.4 Å². The van der Waals surface area contributed by atoms with Crippen molar-refractivity contribution in [2.75, 3.05) is 18.8 Å². The largest absolute Gasteiger partial charge is 0.398 e. The molecule has 2 N–H and O–H groups in total. The molecule has 3 rings (SSSR count). The number of anilines is 1. The molecule has 0 bridgehead atoms. The molecule has 0 radical (unpaired) electrons. The molecule has 1 aliphatic rings. The number of carbonyl (C=O) groups excluding carboxylic acids is 1. The van der Waals surface area contributed by atoms with Crippen molar-refractivity contribution in [2.24, 2.45) is 0 Å². The molecule has 120 valence electrons. The molecule has 1 fully saturated rings. The van der Waals surface area contributed by atoms with Gasteiger partial charge in [0.25, 0.3) is 5.91 Å². The summed E-state index contributed by atoms with van der Waals surface area (Å²) in [7, 11) is 0. The van der Waals surface area contributed by atoms with Crippen molar-refractivity contribution in [3.05, 3.63) is 48.5 Å². The van der Waals surface area contributed by atoms with Crippen LogP contribution in [0.3, 0.4) is 0 Å². The van der Waals surface area contributed by atoms with Gasteiger partial charge in [0.05, 0.1) is 11.9 Å². The van der Waals surface area contributed by atoms with Crippen LogP contribution in [-0.2, 0) is 0 Å². The van der Waals surface area contributed by atoms with E-state index in [2.05, 4.69) is 9.55 Å². The predicted octanol–water partition coefficient (Wildman–Crippen LogP) is 2.79. The van der Waals surface area contributed by atoms with Gasteiger partial charge in [-0.2, -0.15) is 0 Å². The van der Waals surface area contributed by atoms with Crippen LogP contribution in [0, 0.1) is 0 Å². The number of nitrogens with zero attached hydrogens (tertiary/aromatic N) is 3. The fraction of sp³-hybridized carbons (Fsp3) is 0.333. The Labute approximate surface area is 142 Å². The standard InChI is InChI=1S/C15H18N4O.2ClH/c16-14-4-2-1-3-13(14)15(20)18-8-5-12(6-9-18)19-10-7-17-11-19;;/h1-4,7,10-12H,5-6,8-9,16H2;2*1H. The second-order valence-electron chi connectivity index (χ2n) is 5.12. The molecular weight excluding hydrogens is 323 g/mol. The first-order valence-electron chi connectivity index (χ1n) is 6.87. The normalized spacial score (nSPS) is 14.8. The van der Waals surface area contributed by atoms with E-state index in [4.69, 9.17) is 5.73 Å². The molecule has 1 aromatic carbocycles. The maximum absolute atomic E-state index is 12.4. The number of nitrogens with two attached hydrogens (primary N) is 1. The van der Waals surface area contributed by atoms with E-state index in [0.29, 0.717) is 17.3 Å². The van der Waals surface area contributed by atoms with Gasteiger partial charge >= 0.3 is 0 Å². The maximum atomic E-state index is 12.4. The summed E-state index contributed by atoms with van der Waals surface area (Å²) in [5.41, 5.74) is 7.03. The third kappa shape index (κ3) is 3.72. The molecule has 0 atom stereocenters. The molecule has 0 aliphatic carbocycles. The first-order chi connectivity index (χ1) is 9.75. The third-order valence-corrected chi connectivity index (χ3v) is 3.89. The first kappa shape index (κ1) is 18.3. The van der Waals surface area contributed by atoms with Crippen LogP contribution in [0.2, 0.25) is 0 Å². The fourth-order valence-electron chi connectivity index (χ4n) is 2.71. The van der Waals surface area contributed by atoms with E-state index in [1.54, 1.807) is 18.3 Å². The van der Waals surface area contributed by atoms with Gasteiger partial charge in [0.2, 0.25) is 0 Å². The van der Waals surface area contributed by atoms with Gasteiger partial charge in [-0.3, -0.25) is 4.79 Å². The summed E-state index contributed by atoms with van der Waals surface area (Å²) in [4.78, 5) is 18.4. The summed E-state index contributed by atoms with van der Waals surface area (Å²) in [5, 5.41) is 0. The number of aromatic nitrogens is 2. The number of hydrogen-bond acceptors (Lipinski definition) is 3. The molecule has 2 heterocycles. The van der Waals surface area contributed by atoms with Gasteiger partial charge in [0.15, 0.2) is 0 Å². The number of rotatable bonds is 2. The minimum absolute atomic E-state index is 0. The molecule has 5 nitrogen and oxygen atoms in total. The Morgan fingerprint density at radius 1 is 1.18 bits per heavy atom. The van der Waals surface area contributed by atoms with Crippen molar-refractivity contribution in [1.29, 1.82) is 0 Å². The topological polar surface area (TPSA) is 64.2 Å². The lowest BCUT2D eigenvalue weighted by atomic mass is 10.0. The smallest absolute Gasteiger partial charge is 0.255 e. The van der Waals surface area contributed by atoms with Crippen LogP contribution in [0.1, 0.15) is 29.2 Å². The highest BCUT2D eigenvalue weighted by molar-refractivity contribution is 5.99. The van der Waals surface area contributed by atoms with E-state index < -0.39 is 0 Å². The van der Waals surface area contributed by atoms with E-state index in [1.165, 1.54) is 0 Å². The van der Waals surface area contributed by atoms with Crippen molar-refractivity contribution in [3.8, 4) is 0 Å². The van der Waals surface area contributed by atoms with E-state index in [9.17, 15) is 4.79 Å². The zero-order valence-corrected chi connectivity index (χ0v) is 13.7. The monoisotopic (exact) mass is 342 g/mol. The van der Waals surface area contributed by atoms with Crippen LogP contribution >= 0.6 is 24.8 Å². The average molecular weight is 343 g/mol. The van der Waals surface area contributed by atoms with Gasteiger partial charge < -0.3 is 15.2 Å². The number of para-hydroxylation sites is 1. The highest BCUT2D eigenvalue weighted by Gasteiger charge is 2.25. The lowest BCUT2D eigenvalue weighted by Crippen LogP contribution is -2.39. The molecule has 1 aromatic heterocycles. The summed E-state index contributed by atoms with van der Waals surface area (Å²) < 4.78 is 2.12. The number of piperidine rings is 1. The quantitative estimate of drug-likeness (QED) is 0.853. The lowest BCUT2D eigenvalue weighted by molar-refractivity contribution is 0.0695. The number of imidazole rings is 1. The summed E-state index contributed by atoms with van der Waals surface area (Å²) in [5.74, 6) is 0.0344. The molecule has 22 heavy (non-hydrogen) atoms. The third-order valence-electron chi connectivity index (χ3n) is 3.89. The van der Waals surface area contributed by atoms with Crippen LogP contribution in [0.15, 0.2) is 43.0 Å². The maximum Gasteiger partial charge on any atom is 0.255 e. The van der Waals surface area contributed by atoms with E-state index in [1.807, 2.05) is 29.6 Å². The number of halogens is 2. The van der Waals surface area contributed by atoms with E-state index >= 15 is 0 Å². The van der Waals surface area contributed by atoms with Crippen LogP contribution in [0.5, 0.6) is 0 Å². The number of benzene rings is 1. The summed E-state index contributed by atoms with van der Waals surface area (Å²) in [6.45, 7) is 1.52. The summed E-state index contributed by atoms with van der Waals surface area (Å²) in [6, 6.07) is 7.69. The Morgan fingerprint density at radius 3 is 2.45 bits per heavy atom. The molecule has 0 spiro atoms. The highest BCUT2D eigenvalue weighted by Crippen LogP contribution is 2.24. The minimum atomic E-state index is 0. The van der Waals surface area contributed by atoms with Gasteiger partial charge in [-0.15, -0.1) is 24.8 Å². The highest BCUT2D eigenvalue weighted by atomic mass is 35.5. The SMILES string of the molecule is Cl.Cl.Nc1ccccc1C(=O)N1CCC(n2ccnc2)CC1. The predicted molar refractivity (Wildman–Crippen MR) is 91.8 cm³/mol. The van der Waals surface area contributed by atoms with Crippen LogP contribution in [-0.4, -0.2) is 33.4 Å². The zero-order valence-electron chi connectivity index (χ0n) is 12.1. The van der Waals surface area contributed by atoms with Crippen LogP contribution in [0.25, 0.3) is 0 Å². The molecule has 1 saturated heterocycles. The number of hydrogen-bond donors (Lipinski definition) is 1. The van der Waals surface area contributed by atoms with E-state index in [0.717, 1.165) is 25.9 Å². The molecule has 0 unspecified atom stereocenters. The number of amides is 1. The molecule has 7 heteroatoms. The Bertz CT molecular complexity index is 595. The van der Waals surface area contributed by atoms with Crippen molar-refractivity contribution in [3.63, 3.8) is 0 Å².